The van der Waals surface area contributed by atoms with Gasteiger partial charge in [-0.3, -0.25) is 0 Å². The van der Waals surface area contributed by atoms with Gasteiger partial charge < -0.3 is 10.2 Å². The van der Waals surface area contributed by atoms with Gasteiger partial charge in [0.05, 0.1) is 0 Å². The molecule has 2 unspecified atom stereocenters. The highest BCUT2D eigenvalue weighted by Gasteiger charge is 2.20. The molecular formula is C18H27BrN2. The van der Waals surface area contributed by atoms with Gasteiger partial charge in [-0.15, -0.1) is 0 Å². The average Bonchev–Trinajstić information content (AvgIpc) is 2.98. The number of rotatable bonds is 5. The molecule has 0 spiro atoms. The Morgan fingerprint density at radius 2 is 2.10 bits per heavy atom. The standard InChI is InChI=1S/C18H27BrN2/c1-14(13-21-8-2-3-9-21)12-20-18-7-5-15-10-17(19)6-4-16(15)11-18/h4,6,10,14,18,20H,2-3,5,7-9,11-13H2,1H3. The van der Waals surface area contributed by atoms with E-state index in [4.69, 9.17) is 0 Å². The Morgan fingerprint density at radius 3 is 2.90 bits per heavy atom. The molecule has 0 amide bonds. The molecule has 1 aromatic carbocycles. The maximum absolute atomic E-state index is 3.81. The van der Waals surface area contributed by atoms with E-state index >= 15 is 0 Å². The molecular weight excluding hydrogens is 324 g/mol. The van der Waals surface area contributed by atoms with Crippen molar-refractivity contribution >= 4 is 15.9 Å². The number of halogens is 1. The van der Waals surface area contributed by atoms with Crippen LogP contribution in [0.4, 0.5) is 0 Å². The second-order valence-corrected chi connectivity index (χ2v) is 7.79. The lowest BCUT2D eigenvalue weighted by atomic mass is 9.88. The lowest BCUT2D eigenvalue weighted by molar-refractivity contribution is 0.275. The predicted octanol–water partition coefficient (Wildman–Crippen LogP) is 3.63. The highest BCUT2D eigenvalue weighted by atomic mass is 79.9. The van der Waals surface area contributed by atoms with Crippen molar-refractivity contribution in [2.24, 2.45) is 5.92 Å². The third-order valence-corrected chi connectivity index (χ3v) is 5.41. The van der Waals surface area contributed by atoms with Crippen molar-refractivity contribution in [3.05, 3.63) is 33.8 Å². The van der Waals surface area contributed by atoms with Crippen LogP contribution in [0.2, 0.25) is 0 Å². The van der Waals surface area contributed by atoms with Gasteiger partial charge in [0.2, 0.25) is 0 Å². The molecule has 1 aromatic rings. The van der Waals surface area contributed by atoms with Crippen LogP contribution in [0.15, 0.2) is 22.7 Å². The largest absolute Gasteiger partial charge is 0.313 e. The van der Waals surface area contributed by atoms with Crippen LogP contribution < -0.4 is 5.32 Å². The van der Waals surface area contributed by atoms with Gasteiger partial charge in [-0.2, -0.15) is 0 Å². The lowest BCUT2D eigenvalue weighted by Crippen LogP contribution is -2.39. The number of nitrogens with one attached hydrogen (secondary N) is 1. The average molecular weight is 351 g/mol. The third-order valence-electron chi connectivity index (χ3n) is 4.92. The zero-order valence-corrected chi connectivity index (χ0v) is 14.7. The summed E-state index contributed by atoms with van der Waals surface area (Å²) >= 11 is 3.58. The van der Waals surface area contributed by atoms with Crippen LogP contribution in [0.5, 0.6) is 0 Å². The molecule has 2 aliphatic rings. The molecule has 1 heterocycles. The first-order valence-corrected chi connectivity index (χ1v) is 9.23. The maximum atomic E-state index is 3.81. The van der Waals surface area contributed by atoms with Crippen LogP contribution in [0.25, 0.3) is 0 Å². The number of hydrogen-bond acceptors (Lipinski definition) is 2. The number of likely N-dealkylation sites (tertiary alicyclic amines) is 1. The lowest BCUT2D eigenvalue weighted by Gasteiger charge is -2.28. The van der Waals surface area contributed by atoms with Crippen molar-refractivity contribution in [2.75, 3.05) is 26.2 Å². The van der Waals surface area contributed by atoms with E-state index in [-0.39, 0.29) is 0 Å². The first-order valence-electron chi connectivity index (χ1n) is 8.44. The predicted molar refractivity (Wildman–Crippen MR) is 92.8 cm³/mol. The van der Waals surface area contributed by atoms with E-state index < -0.39 is 0 Å². The number of fused-ring (bicyclic) bond motifs is 1. The Bertz CT molecular complexity index is 468. The van der Waals surface area contributed by atoms with E-state index in [2.05, 4.69) is 51.3 Å². The van der Waals surface area contributed by atoms with Crippen LogP contribution >= 0.6 is 15.9 Å². The summed E-state index contributed by atoms with van der Waals surface area (Å²) in [6, 6.07) is 7.43. The molecule has 0 saturated carbocycles. The maximum Gasteiger partial charge on any atom is 0.0178 e. The molecule has 0 radical (unpaired) electrons. The van der Waals surface area contributed by atoms with Crippen LogP contribution in [0.1, 0.15) is 37.3 Å². The Morgan fingerprint density at radius 1 is 1.29 bits per heavy atom. The first kappa shape index (κ1) is 15.5. The van der Waals surface area contributed by atoms with Gasteiger partial charge in [0, 0.05) is 17.1 Å². The van der Waals surface area contributed by atoms with Gasteiger partial charge in [0.15, 0.2) is 0 Å². The Hall–Kier alpha value is -0.380. The zero-order valence-electron chi connectivity index (χ0n) is 13.1. The fourth-order valence-corrected chi connectivity index (χ4v) is 4.14. The van der Waals surface area contributed by atoms with Crippen LogP contribution in [0.3, 0.4) is 0 Å². The normalized spacial score (nSPS) is 24.0. The molecule has 1 N–H and O–H groups in total. The van der Waals surface area contributed by atoms with Crippen molar-refractivity contribution in [3.63, 3.8) is 0 Å². The summed E-state index contributed by atoms with van der Waals surface area (Å²) in [7, 11) is 0. The van der Waals surface area contributed by atoms with Gasteiger partial charge in [-0.05, 0) is 80.9 Å². The van der Waals surface area contributed by atoms with E-state index in [1.807, 2.05) is 0 Å². The molecule has 1 saturated heterocycles. The van der Waals surface area contributed by atoms with Gasteiger partial charge in [-0.1, -0.05) is 28.9 Å². The zero-order chi connectivity index (χ0) is 14.7. The minimum Gasteiger partial charge on any atom is -0.313 e. The second-order valence-electron chi connectivity index (χ2n) is 6.87. The molecule has 1 aliphatic heterocycles. The number of hydrogen-bond donors (Lipinski definition) is 1. The summed E-state index contributed by atoms with van der Waals surface area (Å²) in [5, 5.41) is 3.81. The second kappa shape index (κ2) is 7.26. The SMILES string of the molecule is CC(CNC1CCc2cc(Br)ccc2C1)CN1CCCC1. The molecule has 3 heteroatoms. The quantitative estimate of drug-likeness (QED) is 0.872. The smallest absolute Gasteiger partial charge is 0.0178 e. The third kappa shape index (κ3) is 4.30. The summed E-state index contributed by atoms with van der Waals surface area (Å²) in [6.45, 7) is 7.45. The summed E-state index contributed by atoms with van der Waals surface area (Å²) in [5.41, 5.74) is 3.07. The molecule has 3 rings (SSSR count). The van der Waals surface area contributed by atoms with Gasteiger partial charge in [-0.25, -0.2) is 0 Å². The van der Waals surface area contributed by atoms with Gasteiger partial charge >= 0.3 is 0 Å². The van der Waals surface area contributed by atoms with E-state index in [0.29, 0.717) is 6.04 Å². The molecule has 1 fully saturated rings. The topological polar surface area (TPSA) is 15.3 Å². The molecule has 2 atom stereocenters. The Balaban J connectivity index is 1.45. The number of nitrogens with zero attached hydrogens (tertiary/aromatic N) is 1. The molecule has 1 aliphatic carbocycles. The van der Waals surface area contributed by atoms with Crippen molar-refractivity contribution in [3.8, 4) is 0 Å². The van der Waals surface area contributed by atoms with E-state index in [1.54, 1.807) is 0 Å². The van der Waals surface area contributed by atoms with Crippen molar-refractivity contribution in [2.45, 2.75) is 45.1 Å². The Kier molecular flexibility index (Phi) is 5.36. The summed E-state index contributed by atoms with van der Waals surface area (Å²) in [6.07, 6.45) is 6.48. The van der Waals surface area contributed by atoms with Crippen molar-refractivity contribution < 1.29 is 0 Å². The molecule has 21 heavy (non-hydrogen) atoms. The van der Waals surface area contributed by atoms with Crippen LogP contribution in [-0.4, -0.2) is 37.1 Å². The number of aryl methyl sites for hydroxylation is 1. The summed E-state index contributed by atoms with van der Waals surface area (Å²) in [5.74, 6) is 0.759. The minimum absolute atomic E-state index is 0.666. The summed E-state index contributed by atoms with van der Waals surface area (Å²) < 4.78 is 1.21. The first-order chi connectivity index (χ1) is 10.2. The van der Waals surface area contributed by atoms with Gasteiger partial charge in [0.25, 0.3) is 0 Å². The van der Waals surface area contributed by atoms with Crippen LogP contribution in [0, 0.1) is 5.92 Å². The molecule has 0 bridgehead atoms. The molecule has 0 aromatic heterocycles. The molecule has 116 valence electrons. The van der Waals surface area contributed by atoms with Crippen molar-refractivity contribution in [1.82, 2.24) is 10.2 Å². The highest BCUT2D eigenvalue weighted by molar-refractivity contribution is 9.10. The summed E-state index contributed by atoms with van der Waals surface area (Å²) in [4.78, 5) is 2.63. The van der Waals surface area contributed by atoms with Crippen molar-refractivity contribution in [1.29, 1.82) is 0 Å². The monoisotopic (exact) mass is 350 g/mol. The number of benzene rings is 1. The van der Waals surface area contributed by atoms with Crippen LogP contribution in [-0.2, 0) is 12.8 Å². The highest BCUT2D eigenvalue weighted by Crippen LogP contribution is 2.25. The Labute approximate surface area is 137 Å². The van der Waals surface area contributed by atoms with E-state index in [9.17, 15) is 0 Å². The molecule has 2 nitrogen and oxygen atoms in total. The minimum atomic E-state index is 0.666. The van der Waals surface area contributed by atoms with E-state index in [1.165, 1.54) is 67.3 Å². The van der Waals surface area contributed by atoms with E-state index in [0.717, 1.165) is 12.5 Å². The fourth-order valence-electron chi connectivity index (χ4n) is 3.74. The van der Waals surface area contributed by atoms with Gasteiger partial charge in [0.1, 0.15) is 0 Å². The fraction of sp³-hybridized carbons (Fsp3) is 0.667.